The van der Waals surface area contributed by atoms with Gasteiger partial charge in [0.25, 0.3) is 0 Å². The molecule has 0 amide bonds. The van der Waals surface area contributed by atoms with Gasteiger partial charge in [0.05, 0.1) is 4.90 Å². The minimum absolute atomic E-state index is 0.103. The van der Waals surface area contributed by atoms with E-state index < -0.39 is 10.0 Å². The van der Waals surface area contributed by atoms with Gasteiger partial charge in [0.2, 0.25) is 10.0 Å². The van der Waals surface area contributed by atoms with Gasteiger partial charge in [0, 0.05) is 24.8 Å². The average molecular weight is 310 g/mol. The van der Waals surface area contributed by atoms with Crippen molar-refractivity contribution in [1.82, 2.24) is 4.31 Å². The molecule has 5 heteroatoms. The van der Waals surface area contributed by atoms with Gasteiger partial charge in [-0.15, -0.1) is 0 Å². The zero-order chi connectivity index (χ0) is 15.6. The maximum absolute atomic E-state index is 12.9. The molecule has 118 valence electrons. The highest BCUT2D eigenvalue weighted by Gasteiger charge is 2.34. The van der Waals surface area contributed by atoms with Crippen LogP contribution >= 0.6 is 0 Å². The van der Waals surface area contributed by atoms with Crippen molar-refractivity contribution in [3.8, 4) is 0 Å². The van der Waals surface area contributed by atoms with Crippen LogP contribution in [0.15, 0.2) is 17.0 Å². The third kappa shape index (κ3) is 3.24. The molecular formula is C16H26N2O2S. The number of rotatable bonds is 5. The van der Waals surface area contributed by atoms with Crippen molar-refractivity contribution in [2.45, 2.75) is 57.9 Å². The first-order valence-electron chi connectivity index (χ1n) is 7.75. The Morgan fingerprint density at radius 1 is 1.29 bits per heavy atom. The van der Waals surface area contributed by atoms with Crippen LogP contribution in [0.3, 0.4) is 0 Å². The van der Waals surface area contributed by atoms with Crippen molar-refractivity contribution in [2.75, 3.05) is 18.4 Å². The minimum atomic E-state index is -3.38. The van der Waals surface area contributed by atoms with E-state index >= 15 is 0 Å². The van der Waals surface area contributed by atoms with Gasteiger partial charge in [-0.3, -0.25) is 0 Å². The fraction of sp³-hybridized carbons (Fsp3) is 0.625. The van der Waals surface area contributed by atoms with E-state index in [0.717, 1.165) is 42.6 Å². The standard InChI is InChI=1S/C16H26N2O2S/c1-5-8-17-15-10-12(2)16(13(3)11-15)21(19,20)18-9-6-7-14(18)4/h10-11,14,17H,5-9H2,1-4H3. The van der Waals surface area contributed by atoms with Crippen molar-refractivity contribution in [1.29, 1.82) is 0 Å². The molecule has 0 aromatic heterocycles. The Labute approximate surface area is 128 Å². The van der Waals surface area contributed by atoms with E-state index in [2.05, 4.69) is 12.2 Å². The predicted molar refractivity (Wildman–Crippen MR) is 87.3 cm³/mol. The van der Waals surface area contributed by atoms with Crippen LogP contribution < -0.4 is 5.32 Å². The van der Waals surface area contributed by atoms with Crippen LogP contribution in [-0.4, -0.2) is 31.9 Å². The lowest BCUT2D eigenvalue weighted by Crippen LogP contribution is -2.34. The van der Waals surface area contributed by atoms with Crippen molar-refractivity contribution in [3.63, 3.8) is 0 Å². The maximum atomic E-state index is 12.9. The number of hydrogen-bond donors (Lipinski definition) is 1. The molecule has 1 atom stereocenters. The summed E-state index contributed by atoms with van der Waals surface area (Å²) in [6.07, 6.45) is 2.95. The van der Waals surface area contributed by atoms with Gasteiger partial charge < -0.3 is 5.32 Å². The highest BCUT2D eigenvalue weighted by Crippen LogP contribution is 2.31. The topological polar surface area (TPSA) is 49.4 Å². The van der Waals surface area contributed by atoms with Gasteiger partial charge in [-0.25, -0.2) is 8.42 Å². The number of nitrogens with zero attached hydrogens (tertiary/aromatic N) is 1. The summed E-state index contributed by atoms with van der Waals surface area (Å²) in [7, 11) is -3.38. The van der Waals surface area contributed by atoms with E-state index in [1.165, 1.54) is 0 Å². The molecule has 1 unspecified atom stereocenters. The molecule has 0 spiro atoms. The number of nitrogens with one attached hydrogen (secondary N) is 1. The molecule has 1 heterocycles. The van der Waals surface area contributed by atoms with Gasteiger partial charge in [-0.05, 0) is 63.3 Å². The summed E-state index contributed by atoms with van der Waals surface area (Å²) in [5.74, 6) is 0. The highest BCUT2D eigenvalue weighted by molar-refractivity contribution is 7.89. The van der Waals surface area contributed by atoms with Gasteiger partial charge in [-0.1, -0.05) is 6.92 Å². The molecule has 2 rings (SSSR count). The summed E-state index contributed by atoms with van der Waals surface area (Å²) in [6, 6.07) is 3.98. The summed E-state index contributed by atoms with van der Waals surface area (Å²) in [6.45, 7) is 9.41. The van der Waals surface area contributed by atoms with E-state index in [4.69, 9.17) is 0 Å². The monoisotopic (exact) mass is 310 g/mol. The molecule has 0 aliphatic carbocycles. The summed E-state index contributed by atoms with van der Waals surface area (Å²) in [5.41, 5.74) is 2.65. The Morgan fingerprint density at radius 2 is 1.90 bits per heavy atom. The normalized spacial score (nSPS) is 19.9. The summed E-state index contributed by atoms with van der Waals surface area (Å²) in [5, 5.41) is 3.32. The molecule has 0 bridgehead atoms. The molecule has 0 saturated carbocycles. The van der Waals surface area contributed by atoms with Crippen LogP contribution in [0.2, 0.25) is 0 Å². The second-order valence-corrected chi connectivity index (χ2v) is 7.80. The second kappa shape index (κ2) is 6.36. The molecule has 1 aliphatic rings. The number of aryl methyl sites for hydroxylation is 2. The lowest BCUT2D eigenvalue weighted by Gasteiger charge is -2.23. The van der Waals surface area contributed by atoms with Crippen LogP contribution in [-0.2, 0) is 10.0 Å². The molecule has 4 nitrogen and oxygen atoms in total. The van der Waals surface area contributed by atoms with Crippen LogP contribution in [0.1, 0.15) is 44.2 Å². The minimum Gasteiger partial charge on any atom is -0.385 e. The molecule has 1 aromatic carbocycles. The SMILES string of the molecule is CCCNc1cc(C)c(S(=O)(=O)N2CCCC2C)c(C)c1. The number of hydrogen-bond acceptors (Lipinski definition) is 3. The molecular weight excluding hydrogens is 284 g/mol. The van der Waals surface area contributed by atoms with Gasteiger partial charge in [-0.2, -0.15) is 4.31 Å². The smallest absolute Gasteiger partial charge is 0.243 e. The van der Waals surface area contributed by atoms with Crippen LogP contribution in [0, 0.1) is 13.8 Å². The maximum Gasteiger partial charge on any atom is 0.243 e. The van der Waals surface area contributed by atoms with E-state index in [1.807, 2.05) is 32.9 Å². The van der Waals surface area contributed by atoms with Crippen molar-refractivity contribution in [2.24, 2.45) is 0 Å². The van der Waals surface area contributed by atoms with Crippen molar-refractivity contribution >= 4 is 15.7 Å². The van der Waals surface area contributed by atoms with E-state index in [-0.39, 0.29) is 6.04 Å². The molecule has 1 saturated heterocycles. The van der Waals surface area contributed by atoms with Gasteiger partial charge in [0.15, 0.2) is 0 Å². The van der Waals surface area contributed by atoms with Crippen LogP contribution in [0.5, 0.6) is 0 Å². The first kappa shape index (κ1) is 16.3. The summed E-state index contributed by atoms with van der Waals surface area (Å²) < 4.78 is 27.5. The Morgan fingerprint density at radius 3 is 2.38 bits per heavy atom. The first-order chi connectivity index (χ1) is 9.87. The Hall–Kier alpha value is -1.07. The van der Waals surface area contributed by atoms with Crippen molar-refractivity contribution < 1.29 is 8.42 Å². The van der Waals surface area contributed by atoms with E-state index in [9.17, 15) is 8.42 Å². The largest absolute Gasteiger partial charge is 0.385 e. The summed E-state index contributed by atoms with van der Waals surface area (Å²) in [4.78, 5) is 0.485. The second-order valence-electron chi connectivity index (χ2n) is 5.97. The summed E-state index contributed by atoms with van der Waals surface area (Å²) >= 11 is 0. The molecule has 1 aliphatic heterocycles. The zero-order valence-electron chi connectivity index (χ0n) is 13.4. The molecule has 1 aromatic rings. The molecule has 1 fully saturated rings. The number of sulfonamides is 1. The fourth-order valence-corrected chi connectivity index (χ4v) is 5.22. The third-order valence-electron chi connectivity index (χ3n) is 4.10. The fourth-order valence-electron chi connectivity index (χ4n) is 3.11. The van der Waals surface area contributed by atoms with Crippen molar-refractivity contribution in [3.05, 3.63) is 23.3 Å². The lowest BCUT2D eigenvalue weighted by atomic mass is 10.1. The Bertz CT molecular complexity index is 588. The number of benzene rings is 1. The van der Waals surface area contributed by atoms with E-state index in [1.54, 1.807) is 4.31 Å². The molecule has 1 N–H and O–H groups in total. The van der Waals surface area contributed by atoms with Gasteiger partial charge in [0.1, 0.15) is 0 Å². The first-order valence-corrected chi connectivity index (χ1v) is 9.19. The molecule has 21 heavy (non-hydrogen) atoms. The quantitative estimate of drug-likeness (QED) is 0.908. The third-order valence-corrected chi connectivity index (χ3v) is 6.42. The van der Waals surface area contributed by atoms with Gasteiger partial charge >= 0.3 is 0 Å². The van der Waals surface area contributed by atoms with Crippen LogP contribution in [0.4, 0.5) is 5.69 Å². The zero-order valence-corrected chi connectivity index (χ0v) is 14.3. The molecule has 0 radical (unpaired) electrons. The highest BCUT2D eigenvalue weighted by atomic mass is 32.2. The van der Waals surface area contributed by atoms with Crippen LogP contribution in [0.25, 0.3) is 0 Å². The Kier molecular flexibility index (Phi) is 4.94. The Balaban J connectivity index is 2.39. The average Bonchev–Trinajstić information content (AvgIpc) is 2.82. The van der Waals surface area contributed by atoms with E-state index in [0.29, 0.717) is 11.4 Å². The number of anilines is 1. The lowest BCUT2D eigenvalue weighted by molar-refractivity contribution is 0.408. The predicted octanol–water partition coefficient (Wildman–Crippen LogP) is 3.30.